The Hall–Kier alpha value is -0.0500. The van der Waals surface area contributed by atoms with E-state index in [-0.39, 0.29) is 21.2 Å². The third kappa shape index (κ3) is 3.23. The van der Waals surface area contributed by atoms with Crippen molar-refractivity contribution in [3.05, 3.63) is 33.9 Å². The molecule has 0 N–H and O–H groups in total. The van der Waals surface area contributed by atoms with Crippen molar-refractivity contribution in [3.8, 4) is 0 Å². The monoisotopic (exact) mass is 261 g/mol. The Labute approximate surface area is 79.3 Å². The summed E-state index contributed by atoms with van der Waals surface area (Å²) in [6, 6.07) is 10.9. The molecule has 0 amide bonds. The van der Waals surface area contributed by atoms with E-state index >= 15 is 0 Å². The molecule has 11 heavy (non-hydrogen) atoms. The molecule has 1 unspecified atom stereocenters. The van der Waals surface area contributed by atoms with Gasteiger partial charge in [-0.3, -0.25) is 0 Å². The summed E-state index contributed by atoms with van der Waals surface area (Å²) < 4.78 is 2.50. The van der Waals surface area contributed by atoms with Crippen LogP contribution in [0.15, 0.2) is 30.3 Å². The zero-order valence-corrected chi connectivity index (χ0v) is 9.21. The van der Waals surface area contributed by atoms with Gasteiger partial charge in [-0.15, -0.1) is 0 Å². The van der Waals surface area contributed by atoms with Crippen LogP contribution in [-0.2, 0) is 0 Å². The van der Waals surface area contributed by atoms with E-state index < -0.39 is 0 Å². The molecule has 62 valence electrons. The number of rotatable bonds is 3. The first-order valence-corrected chi connectivity index (χ1v) is 6.33. The maximum atomic E-state index is 2.35. The molecule has 0 heterocycles. The van der Waals surface area contributed by atoms with Crippen LogP contribution in [0, 0.1) is 3.57 Å². The molecule has 0 radical (unpaired) electrons. The van der Waals surface area contributed by atoms with Crippen molar-refractivity contribution >= 4 is 0 Å². The van der Waals surface area contributed by atoms with Gasteiger partial charge in [-0.05, 0) is 0 Å². The predicted octanol–water partition coefficient (Wildman–Crippen LogP) is -0.256. The van der Waals surface area contributed by atoms with Crippen molar-refractivity contribution in [1.82, 2.24) is 0 Å². The molecular formula is C10H14I-. The molecular weight excluding hydrogens is 247 g/mol. The van der Waals surface area contributed by atoms with Crippen molar-refractivity contribution in [2.24, 2.45) is 0 Å². The molecule has 0 spiro atoms. The van der Waals surface area contributed by atoms with Gasteiger partial charge in [-0.25, -0.2) is 0 Å². The molecule has 1 heteroatoms. The fraction of sp³-hybridized carbons (Fsp3) is 0.400. The quantitative estimate of drug-likeness (QED) is 0.519. The number of alkyl halides is 1. The van der Waals surface area contributed by atoms with Gasteiger partial charge in [0.05, 0.1) is 0 Å². The Morgan fingerprint density at radius 3 is 2.45 bits per heavy atom. The zero-order chi connectivity index (χ0) is 8.10. The molecule has 0 nitrogen and oxygen atoms in total. The molecule has 0 saturated heterocycles. The van der Waals surface area contributed by atoms with Crippen LogP contribution < -0.4 is 21.2 Å². The Morgan fingerprint density at radius 2 is 1.91 bits per heavy atom. The van der Waals surface area contributed by atoms with Gasteiger partial charge in [0.2, 0.25) is 0 Å². The first-order chi connectivity index (χ1) is 5.33. The minimum atomic E-state index is 0.264. The molecule has 0 aliphatic rings. The Balaban J connectivity index is 2.51. The van der Waals surface area contributed by atoms with Crippen LogP contribution in [0.3, 0.4) is 0 Å². The second-order valence-corrected chi connectivity index (χ2v) is 6.59. The average molecular weight is 261 g/mol. The summed E-state index contributed by atoms with van der Waals surface area (Å²) in [6.07, 6.45) is 1.32. The molecule has 0 saturated carbocycles. The van der Waals surface area contributed by atoms with Gasteiger partial charge in [0, 0.05) is 0 Å². The molecule has 0 bridgehead atoms. The molecule has 1 aromatic carbocycles. The Morgan fingerprint density at radius 1 is 1.27 bits per heavy atom. The summed E-state index contributed by atoms with van der Waals surface area (Å²) in [5.41, 5.74) is 0. The van der Waals surface area contributed by atoms with Crippen molar-refractivity contribution in [2.45, 2.75) is 24.2 Å². The SMILES string of the molecule is CCC(C)[I-]c1ccccc1. The van der Waals surface area contributed by atoms with Gasteiger partial charge in [-0.2, -0.15) is 0 Å². The maximum absolute atomic E-state index is 2.35. The molecule has 0 fully saturated rings. The first kappa shape index (κ1) is 9.04. The normalized spacial score (nSPS) is 13.3. The van der Waals surface area contributed by atoms with Crippen molar-refractivity contribution in [1.29, 1.82) is 0 Å². The second-order valence-electron chi connectivity index (χ2n) is 2.59. The van der Waals surface area contributed by atoms with Crippen LogP contribution in [0.4, 0.5) is 0 Å². The van der Waals surface area contributed by atoms with E-state index in [9.17, 15) is 0 Å². The zero-order valence-electron chi connectivity index (χ0n) is 7.05. The third-order valence-corrected chi connectivity index (χ3v) is 4.99. The van der Waals surface area contributed by atoms with Crippen LogP contribution in [-0.4, -0.2) is 3.92 Å². The molecule has 0 aromatic heterocycles. The Bertz CT molecular complexity index is 193. The van der Waals surface area contributed by atoms with Crippen LogP contribution >= 0.6 is 0 Å². The van der Waals surface area contributed by atoms with Gasteiger partial charge in [0.25, 0.3) is 0 Å². The van der Waals surface area contributed by atoms with E-state index in [1.54, 1.807) is 3.57 Å². The number of benzene rings is 1. The second kappa shape index (κ2) is 4.75. The summed E-state index contributed by atoms with van der Waals surface area (Å²) in [4.78, 5) is 0. The molecule has 0 aliphatic carbocycles. The van der Waals surface area contributed by atoms with E-state index in [1.807, 2.05) is 0 Å². The Kier molecular flexibility index (Phi) is 3.91. The molecule has 0 aliphatic heterocycles. The third-order valence-electron chi connectivity index (χ3n) is 1.61. The standard InChI is InChI=1S/C10H14I/c1-3-9(2)11-10-7-5-4-6-8-10/h4-9H,3H2,1-2H3/q-1. The van der Waals surface area contributed by atoms with Gasteiger partial charge in [0.1, 0.15) is 0 Å². The average Bonchev–Trinajstić information content (AvgIpc) is 2.06. The number of halogens is 1. The van der Waals surface area contributed by atoms with E-state index in [2.05, 4.69) is 44.2 Å². The fourth-order valence-corrected chi connectivity index (χ4v) is 3.28. The van der Waals surface area contributed by atoms with Crippen LogP contribution in [0.1, 0.15) is 20.3 Å². The van der Waals surface area contributed by atoms with Crippen LogP contribution in [0.25, 0.3) is 0 Å². The van der Waals surface area contributed by atoms with Gasteiger partial charge < -0.3 is 0 Å². The predicted molar refractivity (Wildman–Crippen MR) is 44.9 cm³/mol. The molecule has 1 atom stereocenters. The summed E-state index contributed by atoms with van der Waals surface area (Å²) in [5, 5.41) is 0. The number of hydrogen-bond donors (Lipinski definition) is 0. The molecule has 1 rings (SSSR count). The molecule has 1 aromatic rings. The van der Waals surface area contributed by atoms with Crippen molar-refractivity contribution in [2.75, 3.05) is 0 Å². The van der Waals surface area contributed by atoms with Crippen LogP contribution in [0.2, 0.25) is 0 Å². The van der Waals surface area contributed by atoms with Gasteiger partial charge in [0.15, 0.2) is 0 Å². The first-order valence-electron chi connectivity index (χ1n) is 4.01. The van der Waals surface area contributed by atoms with Crippen molar-refractivity contribution < 1.29 is 21.2 Å². The fourth-order valence-electron chi connectivity index (χ4n) is 0.780. The summed E-state index contributed by atoms with van der Waals surface area (Å²) in [6.45, 7) is 4.62. The van der Waals surface area contributed by atoms with Gasteiger partial charge in [-0.1, -0.05) is 0 Å². The van der Waals surface area contributed by atoms with E-state index in [0.29, 0.717) is 0 Å². The van der Waals surface area contributed by atoms with Crippen LogP contribution in [0.5, 0.6) is 0 Å². The summed E-state index contributed by atoms with van der Waals surface area (Å²) in [5.74, 6) is 0. The van der Waals surface area contributed by atoms with E-state index in [1.165, 1.54) is 6.42 Å². The minimum absolute atomic E-state index is 0.264. The summed E-state index contributed by atoms with van der Waals surface area (Å²) >= 11 is 0.264. The van der Waals surface area contributed by atoms with Crippen molar-refractivity contribution in [3.63, 3.8) is 0 Å². The van der Waals surface area contributed by atoms with Gasteiger partial charge >= 0.3 is 79.3 Å². The number of hydrogen-bond acceptors (Lipinski definition) is 0. The summed E-state index contributed by atoms with van der Waals surface area (Å²) in [7, 11) is 0. The topological polar surface area (TPSA) is 0 Å². The van der Waals surface area contributed by atoms with E-state index in [0.717, 1.165) is 3.92 Å². The van der Waals surface area contributed by atoms with E-state index in [4.69, 9.17) is 0 Å².